The third-order valence-corrected chi connectivity index (χ3v) is 4.41. The van der Waals surface area contributed by atoms with Crippen LogP contribution in [0.4, 0.5) is 13.2 Å². The lowest BCUT2D eigenvalue weighted by Gasteiger charge is -2.16. The SMILES string of the molecule is CC(NC(=O)c1ccnc(CC(=O)C2CC2)c1)c1cccc(OC(F)(F)F)c1. The topological polar surface area (TPSA) is 68.3 Å². The third-order valence-electron chi connectivity index (χ3n) is 4.41. The molecule has 1 fully saturated rings. The first-order valence-electron chi connectivity index (χ1n) is 8.85. The van der Waals surface area contributed by atoms with Gasteiger partial charge in [-0.2, -0.15) is 0 Å². The molecule has 1 aliphatic rings. The molecule has 8 heteroatoms. The molecule has 1 saturated carbocycles. The number of amides is 1. The molecule has 3 rings (SSSR count). The highest BCUT2D eigenvalue weighted by Crippen LogP contribution is 2.30. The number of halogens is 3. The molecule has 5 nitrogen and oxygen atoms in total. The first-order valence-corrected chi connectivity index (χ1v) is 8.85. The van der Waals surface area contributed by atoms with Gasteiger partial charge in [0.2, 0.25) is 0 Å². The summed E-state index contributed by atoms with van der Waals surface area (Å²) in [6.45, 7) is 1.66. The summed E-state index contributed by atoms with van der Waals surface area (Å²) < 4.78 is 41.0. The van der Waals surface area contributed by atoms with Crippen LogP contribution in [0.3, 0.4) is 0 Å². The summed E-state index contributed by atoms with van der Waals surface area (Å²) in [5.41, 5.74) is 1.33. The Morgan fingerprint density at radius 3 is 2.68 bits per heavy atom. The molecule has 0 bridgehead atoms. The Kier molecular flexibility index (Phi) is 5.67. The molecule has 1 aliphatic carbocycles. The molecule has 1 N–H and O–H groups in total. The van der Waals surface area contributed by atoms with Crippen molar-refractivity contribution < 1.29 is 27.5 Å². The maximum Gasteiger partial charge on any atom is 0.573 e. The smallest absolute Gasteiger partial charge is 0.406 e. The lowest BCUT2D eigenvalue weighted by Crippen LogP contribution is -2.27. The van der Waals surface area contributed by atoms with E-state index < -0.39 is 18.3 Å². The fourth-order valence-corrected chi connectivity index (χ4v) is 2.79. The van der Waals surface area contributed by atoms with Crippen LogP contribution in [-0.2, 0) is 11.2 Å². The second-order valence-electron chi connectivity index (χ2n) is 6.77. The van der Waals surface area contributed by atoms with Crippen LogP contribution in [0.15, 0.2) is 42.6 Å². The van der Waals surface area contributed by atoms with Gasteiger partial charge in [0, 0.05) is 29.8 Å². The number of pyridine rings is 1. The minimum absolute atomic E-state index is 0.116. The second-order valence-corrected chi connectivity index (χ2v) is 6.77. The molecular weight excluding hydrogens is 373 g/mol. The van der Waals surface area contributed by atoms with Crippen LogP contribution in [0.2, 0.25) is 0 Å². The predicted octanol–water partition coefficient (Wildman–Crippen LogP) is 3.99. The van der Waals surface area contributed by atoms with Crippen molar-refractivity contribution in [2.75, 3.05) is 0 Å². The van der Waals surface area contributed by atoms with Gasteiger partial charge in [-0.15, -0.1) is 13.2 Å². The van der Waals surface area contributed by atoms with E-state index in [0.29, 0.717) is 16.8 Å². The molecular formula is C20H19F3N2O3. The van der Waals surface area contributed by atoms with Crippen LogP contribution in [0, 0.1) is 5.92 Å². The predicted molar refractivity (Wildman–Crippen MR) is 94.7 cm³/mol. The molecule has 2 aromatic rings. The minimum atomic E-state index is -4.78. The molecule has 1 amide bonds. The Bertz CT molecular complexity index is 879. The average Bonchev–Trinajstić information content (AvgIpc) is 3.46. The summed E-state index contributed by atoms with van der Waals surface area (Å²) >= 11 is 0. The lowest BCUT2D eigenvalue weighted by atomic mass is 10.1. The Hall–Kier alpha value is -2.90. The number of carbonyl (C=O) groups excluding carboxylic acids is 2. The van der Waals surface area contributed by atoms with Crippen LogP contribution in [0.5, 0.6) is 5.75 Å². The summed E-state index contributed by atoms with van der Waals surface area (Å²) in [6.07, 6.45) is -1.30. The standard InChI is InChI=1S/C20H19F3N2O3/c1-12(14-3-2-4-17(10-14)28-20(21,22)23)25-19(27)15-7-8-24-16(9-15)11-18(26)13-5-6-13/h2-4,7-10,12-13H,5-6,11H2,1H3,(H,25,27). The number of carbonyl (C=O) groups is 2. The van der Waals surface area contributed by atoms with Gasteiger partial charge in [0.25, 0.3) is 5.91 Å². The first kappa shape index (κ1) is 19.9. The molecule has 0 saturated heterocycles. The molecule has 0 spiro atoms. The Morgan fingerprint density at radius 1 is 1.25 bits per heavy atom. The van der Waals surface area contributed by atoms with Crippen molar-refractivity contribution in [3.05, 3.63) is 59.4 Å². The average molecular weight is 392 g/mol. The van der Waals surface area contributed by atoms with E-state index in [2.05, 4.69) is 15.0 Å². The van der Waals surface area contributed by atoms with Gasteiger partial charge in [0.1, 0.15) is 11.5 Å². The number of ether oxygens (including phenoxy) is 1. The van der Waals surface area contributed by atoms with E-state index in [4.69, 9.17) is 0 Å². The molecule has 1 unspecified atom stereocenters. The first-order chi connectivity index (χ1) is 13.2. The van der Waals surface area contributed by atoms with Crippen molar-refractivity contribution in [2.45, 2.75) is 38.6 Å². The molecule has 148 valence electrons. The monoisotopic (exact) mass is 392 g/mol. The molecule has 28 heavy (non-hydrogen) atoms. The van der Waals surface area contributed by atoms with E-state index in [0.717, 1.165) is 12.8 Å². The number of nitrogens with zero attached hydrogens (tertiary/aromatic N) is 1. The fourth-order valence-electron chi connectivity index (χ4n) is 2.79. The van der Waals surface area contributed by atoms with E-state index in [1.807, 2.05) is 0 Å². The van der Waals surface area contributed by atoms with Gasteiger partial charge in [-0.25, -0.2) is 0 Å². The number of Topliss-reactive ketones (excluding diaryl/α,β-unsaturated/α-hetero) is 1. The Morgan fingerprint density at radius 2 is 2.00 bits per heavy atom. The highest BCUT2D eigenvalue weighted by molar-refractivity contribution is 5.94. The summed E-state index contributed by atoms with van der Waals surface area (Å²) in [6, 6.07) is 7.98. The molecule has 1 aromatic heterocycles. The van der Waals surface area contributed by atoms with Crippen molar-refractivity contribution in [1.82, 2.24) is 10.3 Å². The van der Waals surface area contributed by atoms with Gasteiger partial charge in [-0.05, 0) is 49.6 Å². The Labute approximate surface area is 159 Å². The zero-order valence-electron chi connectivity index (χ0n) is 15.1. The van der Waals surface area contributed by atoms with Crippen molar-refractivity contribution in [3.63, 3.8) is 0 Å². The Balaban J connectivity index is 1.65. The maximum absolute atomic E-state index is 12.5. The normalized spacial score (nSPS) is 15.0. The van der Waals surface area contributed by atoms with Crippen LogP contribution < -0.4 is 10.1 Å². The van der Waals surface area contributed by atoms with Crippen molar-refractivity contribution in [3.8, 4) is 5.75 Å². The third kappa shape index (κ3) is 5.55. The van der Waals surface area contributed by atoms with Gasteiger partial charge in [0.05, 0.1) is 6.04 Å². The van der Waals surface area contributed by atoms with E-state index in [9.17, 15) is 22.8 Å². The summed E-state index contributed by atoms with van der Waals surface area (Å²) in [4.78, 5) is 28.5. The molecule has 1 aromatic carbocycles. The van der Waals surface area contributed by atoms with Gasteiger partial charge in [-0.1, -0.05) is 12.1 Å². The highest BCUT2D eigenvalue weighted by atomic mass is 19.4. The number of rotatable bonds is 7. The van der Waals surface area contributed by atoms with E-state index in [1.165, 1.54) is 30.5 Å². The van der Waals surface area contributed by atoms with E-state index in [1.54, 1.807) is 19.1 Å². The number of nitrogens with one attached hydrogen (secondary N) is 1. The second kappa shape index (κ2) is 8.00. The molecule has 1 atom stereocenters. The van der Waals surface area contributed by atoms with Crippen molar-refractivity contribution >= 4 is 11.7 Å². The zero-order chi connectivity index (χ0) is 20.3. The van der Waals surface area contributed by atoms with E-state index in [-0.39, 0.29) is 23.9 Å². The quantitative estimate of drug-likeness (QED) is 0.774. The van der Waals surface area contributed by atoms with Crippen molar-refractivity contribution in [2.24, 2.45) is 5.92 Å². The number of ketones is 1. The van der Waals surface area contributed by atoms with Crippen LogP contribution in [0.25, 0.3) is 0 Å². The number of benzene rings is 1. The van der Waals surface area contributed by atoms with E-state index >= 15 is 0 Å². The number of hydrogen-bond donors (Lipinski definition) is 1. The lowest BCUT2D eigenvalue weighted by molar-refractivity contribution is -0.274. The van der Waals surface area contributed by atoms with Crippen LogP contribution in [-0.4, -0.2) is 23.0 Å². The zero-order valence-corrected chi connectivity index (χ0v) is 15.1. The highest BCUT2D eigenvalue weighted by Gasteiger charge is 2.31. The largest absolute Gasteiger partial charge is 0.573 e. The number of alkyl halides is 3. The van der Waals surface area contributed by atoms with Gasteiger partial charge >= 0.3 is 6.36 Å². The van der Waals surface area contributed by atoms with Gasteiger partial charge in [0.15, 0.2) is 0 Å². The molecule has 1 heterocycles. The van der Waals surface area contributed by atoms with Gasteiger partial charge in [-0.3, -0.25) is 14.6 Å². The van der Waals surface area contributed by atoms with Crippen LogP contribution >= 0.6 is 0 Å². The summed E-state index contributed by atoms with van der Waals surface area (Å²) in [7, 11) is 0. The number of aromatic nitrogens is 1. The fraction of sp³-hybridized carbons (Fsp3) is 0.350. The molecule has 0 aliphatic heterocycles. The maximum atomic E-state index is 12.5. The minimum Gasteiger partial charge on any atom is -0.406 e. The van der Waals surface area contributed by atoms with Crippen molar-refractivity contribution in [1.29, 1.82) is 0 Å². The molecule has 0 radical (unpaired) electrons. The van der Waals surface area contributed by atoms with Gasteiger partial charge < -0.3 is 10.1 Å². The summed E-state index contributed by atoms with van der Waals surface area (Å²) in [5.74, 6) is -0.515. The summed E-state index contributed by atoms with van der Waals surface area (Å²) in [5, 5.41) is 2.73. The van der Waals surface area contributed by atoms with Crippen LogP contribution in [0.1, 0.15) is 47.4 Å². The number of hydrogen-bond acceptors (Lipinski definition) is 4.